The quantitative estimate of drug-likeness (QED) is 0.728. The summed E-state index contributed by atoms with van der Waals surface area (Å²) in [7, 11) is 3.39. The van der Waals surface area contributed by atoms with E-state index in [0.29, 0.717) is 19.5 Å². The van der Waals surface area contributed by atoms with E-state index in [2.05, 4.69) is 0 Å². The number of hydrogen-bond donors (Lipinski definition) is 1. The number of likely N-dealkylation sites (N-methyl/N-ethyl adjacent to an activating group) is 1. The van der Waals surface area contributed by atoms with Gasteiger partial charge in [-0.3, -0.25) is 14.5 Å². The maximum Gasteiger partial charge on any atom is 0.323 e. The molecule has 94 valence electrons. The number of nitrogens with zero attached hydrogens (tertiary/aromatic N) is 2. The summed E-state index contributed by atoms with van der Waals surface area (Å²) in [5.41, 5.74) is -0.929. The highest BCUT2D eigenvalue weighted by atomic mass is 16.4. The summed E-state index contributed by atoms with van der Waals surface area (Å²) >= 11 is 0. The van der Waals surface area contributed by atoms with Crippen molar-refractivity contribution in [3.05, 3.63) is 0 Å². The van der Waals surface area contributed by atoms with Gasteiger partial charge in [0.05, 0.1) is 0 Å². The monoisotopic (exact) mass is 230 g/mol. The molecule has 0 saturated heterocycles. The van der Waals surface area contributed by atoms with Crippen LogP contribution in [0.2, 0.25) is 0 Å². The first-order valence-corrected chi connectivity index (χ1v) is 5.42. The molecule has 0 fully saturated rings. The second-order valence-electron chi connectivity index (χ2n) is 4.48. The summed E-state index contributed by atoms with van der Waals surface area (Å²) in [6, 6.07) is 0. The van der Waals surface area contributed by atoms with Crippen molar-refractivity contribution in [3.8, 4) is 0 Å². The summed E-state index contributed by atoms with van der Waals surface area (Å²) in [5, 5.41) is 9.08. The standard InChI is InChI=1S/C11H22N2O3/c1-6-13(11(2,3)10(15)16)8-7-9(14)12(4)5/h6-8H2,1-5H3,(H,15,16). The minimum absolute atomic E-state index is 0.0136. The zero-order valence-electron chi connectivity index (χ0n) is 10.8. The van der Waals surface area contributed by atoms with Crippen molar-refractivity contribution >= 4 is 11.9 Å². The van der Waals surface area contributed by atoms with Gasteiger partial charge >= 0.3 is 5.97 Å². The van der Waals surface area contributed by atoms with Gasteiger partial charge in [0.25, 0.3) is 0 Å². The largest absolute Gasteiger partial charge is 0.480 e. The van der Waals surface area contributed by atoms with Crippen molar-refractivity contribution in [2.45, 2.75) is 32.7 Å². The van der Waals surface area contributed by atoms with Gasteiger partial charge in [-0.1, -0.05) is 6.92 Å². The number of amides is 1. The first-order chi connectivity index (χ1) is 7.23. The number of carbonyl (C=O) groups excluding carboxylic acids is 1. The van der Waals surface area contributed by atoms with Crippen LogP contribution in [-0.4, -0.2) is 59.5 Å². The van der Waals surface area contributed by atoms with E-state index in [0.717, 1.165) is 0 Å². The summed E-state index contributed by atoms with van der Waals surface area (Å²) in [6.07, 6.45) is 0.345. The normalized spacial score (nSPS) is 11.6. The fraction of sp³-hybridized carbons (Fsp3) is 0.818. The minimum atomic E-state index is -0.929. The number of rotatable bonds is 6. The Morgan fingerprint density at radius 1 is 1.25 bits per heavy atom. The maximum absolute atomic E-state index is 11.4. The molecule has 0 atom stereocenters. The van der Waals surface area contributed by atoms with Crippen LogP contribution in [0.1, 0.15) is 27.2 Å². The molecule has 0 radical (unpaired) electrons. The maximum atomic E-state index is 11.4. The van der Waals surface area contributed by atoms with E-state index in [9.17, 15) is 9.59 Å². The van der Waals surface area contributed by atoms with E-state index in [1.807, 2.05) is 6.92 Å². The van der Waals surface area contributed by atoms with Crippen LogP contribution in [0.5, 0.6) is 0 Å². The summed E-state index contributed by atoms with van der Waals surface area (Å²) in [5.74, 6) is -0.855. The van der Waals surface area contributed by atoms with Crippen LogP contribution in [0.15, 0.2) is 0 Å². The van der Waals surface area contributed by atoms with Gasteiger partial charge in [0.1, 0.15) is 5.54 Å². The average molecular weight is 230 g/mol. The van der Waals surface area contributed by atoms with Crippen molar-refractivity contribution in [3.63, 3.8) is 0 Å². The highest BCUT2D eigenvalue weighted by Crippen LogP contribution is 2.14. The second kappa shape index (κ2) is 5.84. The van der Waals surface area contributed by atoms with Gasteiger partial charge in [0.15, 0.2) is 0 Å². The molecule has 5 heteroatoms. The summed E-state index contributed by atoms with van der Waals surface area (Å²) < 4.78 is 0. The number of carboxylic acids is 1. The van der Waals surface area contributed by atoms with Crippen molar-refractivity contribution in [2.75, 3.05) is 27.2 Å². The van der Waals surface area contributed by atoms with Crippen LogP contribution in [-0.2, 0) is 9.59 Å². The Labute approximate surface area is 97.0 Å². The van der Waals surface area contributed by atoms with Crippen LogP contribution in [0.3, 0.4) is 0 Å². The van der Waals surface area contributed by atoms with E-state index in [1.54, 1.807) is 32.8 Å². The smallest absolute Gasteiger partial charge is 0.323 e. The van der Waals surface area contributed by atoms with Crippen LogP contribution in [0.25, 0.3) is 0 Å². The van der Waals surface area contributed by atoms with E-state index >= 15 is 0 Å². The van der Waals surface area contributed by atoms with Crippen molar-refractivity contribution < 1.29 is 14.7 Å². The first kappa shape index (κ1) is 14.9. The Morgan fingerprint density at radius 2 is 1.75 bits per heavy atom. The molecular weight excluding hydrogens is 208 g/mol. The van der Waals surface area contributed by atoms with Gasteiger partial charge in [0, 0.05) is 27.1 Å². The zero-order valence-corrected chi connectivity index (χ0v) is 10.8. The molecule has 0 aromatic heterocycles. The van der Waals surface area contributed by atoms with E-state index in [4.69, 9.17) is 5.11 Å². The highest BCUT2D eigenvalue weighted by molar-refractivity contribution is 5.78. The molecule has 0 unspecified atom stereocenters. The fourth-order valence-electron chi connectivity index (χ4n) is 1.42. The number of aliphatic carboxylic acids is 1. The van der Waals surface area contributed by atoms with Crippen molar-refractivity contribution in [2.24, 2.45) is 0 Å². The van der Waals surface area contributed by atoms with Gasteiger partial charge in [0.2, 0.25) is 5.91 Å². The summed E-state index contributed by atoms with van der Waals surface area (Å²) in [6.45, 7) is 6.27. The van der Waals surface area contributed by atoms with Crippen molar-refractivity contribution in [1.82, 2.24) is 9.80 Å². The molecule has 0 spiro atoms. The molecule has 0 aliphatic carbocycles. The van der Waals surface area contributed by atoms with E-state index in [1.165, 1.54) is 4.90 Å². The zero-order chi connectivity index (χ0) is 12.9. The molecule has 0 saturated carbocycles. The van der Waals surface area contributed by atoms with Gasteiger partial charge in [-0.15, -0.1) is 0 Å². The molecule has 1 amide bonds. The van der Waals surface area contributed by atoms with Crippen molar-refractivity contribution in [1.29, 1.82) is 0 Å². The highest BCUT2D eigenvalue weighted by Gasteiger charge is 2.33. The van der Waals surface area contributed by atoms with Gasteiger partial charge in [-0.2, -0.15) is 0 Å². The SMILES string of the molecule is CCN(CCC(=O)N(C)C)C(C)(C)C(=O)O. The summed E-state index contributed by atoms with van der Waals surface area (Å²) in [4.78, 5) is 25.8. The van der Waals surface area contributed by atoms with Gasteiger partial charge in [-0.25, -0.2) is 0 Å². The van der Waals surface area contributed by atoms with Crippen LogP contribution >= 0.6 is 0 Å². The van der Waals surface area contributed by atoms with E-state index in [-0.39, 0.29) is 5.91 Å². The lowest BCUT2D eigenvalue weighted by Gasteiger charge is -2.34. The first-order valence-electron chi connectivity index (χ1n) is 5.42. The lowest BCUT2D eigenvalue weighted by Crippen LogP contribution is -2.51. The molecule has 1 N–H and O–H groups in total. The molecule has 0 aromatic rings. The third-order valence-electron chi connectivity index (χ3n) is 2.79. The van der Waals surface area contributed by atoms with Gasteiger partial charge < -0.3 is 10.0 Å². The fourth-order valence-corrected chi connectivity index (χ4v) is 1.42. The lowest BCUT2D eigenvalue weighted by molar-refractivity contribution is -0.150. The molecule has 0 aliphatic heterocycles. The lowest BCUT2D eigenvalue weighted by atomic mass is 10.0. The molecule has 0 bridgehead atoms. The van der Waals surface area contributed by atoms with Crippen LogP contribution in [0.4, 0.5) is 0 Å². The van der Waals surface area contributed by atoms with Crippen LogP contribution in [0, 0.1) is 0 Å². The molecule has 0 aromatic carbocycles. The number of hydrogen-bond acceptors (Lipinski definition) is 3. The average Bonchev–Trinajstić information content (AvgIpc) is 2.17. The molecular formula is C11H22N2O3. The topological polar surface area (TPSA) is 60.9 Å². The Bertz CT molecular complexity index is 262. The predicted octanol–water partition coefficient (Wildman–Crippen LogP) is 0.650. The number of carbonyl (C=O) groups is 2. The minimum Gasteiger partial charge on any atom is -0.480 e. The third kappa shape index (κ3) is 3.81. The Balaban J connectivity index is 4.43. The number of carboxylic acid groups (broad SMARTS) is 1. The van der Waals surface area contributed by atoms with Gasteiger partial charge in [-0.05, 0) is 20.4 Å². The Hall–Kier alpha value is -1.10. The Morgan fingerprint density at radius 3 is 2.06 bits per heavy atom. The molecule has 0 aliphatic rings. The molecule has 0 rings (SSSR count). The molecule has 16 heavy (non-hydrogen) atoms. The Kier molecular flexibility index (Phi) is 5.44. The second-order valence-corrected chi connectivity index (χ2v) is 4.48. The molecule has 0 heterocycles. The predicted molar refractivity (Wildman–Crippen MR) is 62.3 cm³/mol. The van der Waals surface area contributed by atoms with E-state index < -0.39 is 11.5 Å². The van der Waals surface area contributed by atoms with Crippen LogP contribution < -0.4 is 0 Å². The third-order valence-corrected chi connectivity index (χ3v) is 2.79. The molecule has 5 nitrogen and oxygen atoms in total.